The van der Waals surface area contributed by atoms with Crippen molar-refractivity contribution in [2.45, 2.75) is 249 Å². The number of hydrogen-bond acceptors (Lipinski definition) is 21. The Morgan fingerprint density at radius 3 is 1.40 bits per heavy atom. The number of fused-ring (bicyclic) bond motifs is 3. The lowest BCUT2D eigenvalue weighted by molar-refractivity contribution is -0.139. The van der Waals surface area contributed by atoms with Gasteiger partial charge < -0.3 is 79.0 Å². The Hall–Kier alpha value is -11.1. The molecule has 0 aromatic heterocycles. The molecule has 6 aliphatic rings. The minimum absolute atomic E-state index is 0.136. The van der Waals surface area contributed by atoms with Gasteiger partial charge >= 0.3 is 36.2 Å². The number of allylic oxidation sites excluding steroid dienone is 4. The third-order valence-corrected chi connectivity index (χ3v) is 23.8. The highest BCUT2D eigenvalue weighted by atomic mass is 79.9. The molecule has 720 valence electrons. The first-order valence-electron chi connectivity index (χ1n) is 44.0. The van der Waals surface area contributed by atoms with E-state index in [9.17, 15) is 58.5 Å². The van der Waals surface area contributed by atoms with Gasteiger partial charge in [0.25, 0.3) is 0 Å². The highest BCUT2D eigenvalue weighted by Gasteiger charge is 2.47. The summed E-state index contributed by atoms with van der Waals surface area (Å²) >= 11 is 8.59. The second-order valence-corrected chi connectivity index (χ2v) is 36.8. The molecule has 0 spiro atoms. The van der Waals surface area contributed by atoms with E-state index in [0.29, 0.717) is 58.5 Å². The molecular formula is C102H139BrClN3O24. The van der Waals surface area contributed by atoms with Gasteiger partial charge in [0, 0.05) is 35.2 Å². The van der Waals surface area contributed by atoms with Crippen LogP contribution in [-0.4, -0.2) is 182 Å². The average Bonchev–Trinajstić information content (AvgIpc) is 1.49. The lowest BCUT2D eigenvalue weighted by Gasteiger charge is -2.47. The number of cyclic esters (lactones) is 3. The van der Waals surface area contributed by atoms with E-state index in [1.54, 1.807) is 67.4 Å². The van der Waals surface area contributed by atoms with Crippen LogP contribution in [0.15, 0.2) is 139 Å². The Morgan fingerprint density at radius 1 is 0.573 bits per heavy atom. The summed E-state index contributed by atoms with van der Waals surface area (Å²) in [6.45, 7) is 43.6. The number of aromatic hydroxyl groups is 3. The van der Waals surface area contributed by atoms with Gasteiger partial charge in [-0.2, -0.15) is 0 Å². The number of methoxy groups -OCH3 is 4. The number of halogens is 2. The quantitative estimate of drug-likeness (QED) is 0.0135. The predicted octanol–water partition coefficient (Wildman–Crippen LogP) is 20.9. The maximum absolute atomic E-state index is 12.8. The van der Waals surface area contributed by atoms with Gasteiger partial charge in [0.1, 0.15) is 71.4 Å². The number of unbranched alkanes of at least 4 members (excludes halogenated alkanes) is 1. The molecule has 6 aromatic carbocycles. The van der Waals surface area contributed by atoms with Crippen LogP contribution in [0.5, 0.6) is 46.0 Å². The molecule has 27 nitrogen and oxygen atoms in total. The van der Waals surface area contributed by atoms with E-state index in [1.165, 1.54) is 52.8 Å². The van der Waals surface area contributed by atoms with E-state index in [4.69, 9.17) is 65.2 Å². The molecule has 0 saturated carbocycles. The van der Waals surface area contributed by atoms with Crippen LogP contribution in [0.4, 0.5) is 14.4 Å². The number of aliphatic hydroxyl groups is 1. The first-order chi connectivity index (χ1) is 61.2. The number of carboxylic acid groups (broad SMARTS) is 3. The normalized spacial score (nSPS) is 19.5. The van der Waals surface area contributed by atoms with Crippen molar-refractivity contribution in [3.63, 3.8) is 0 Å². The van der Waals surface area contributed by atoms with E-state index in [-0.39, 0.29) is 108 Å². The second-order valence-electron chi connectivity index (χ2n) is 35.6. The Balaban J connectivity index is 0.000000316. The zero-order chi connectivity index (χ0) is 99.0. The van der Waals surface area contributed by atoms with Crippen LogP contribution in [0.3, 0.4) is 0 Å². The summed E-state index contributed by atoms with van der Waals surface area (Å²) in [6.07, 6.45) is 11.6. The maximum atomic E-state index is 12.8. The number of amides is 5. The molecule has 131 heavy (non-hydrogen) atoms. The molecule has 0 bridgehead atoms. The molecule has 8 N–H and O–H groups in total. The zero-order valence-electron chi connectivity index (χ0n) is 80.5. The van der Waals surface area contributed by atoms with Crippen LogP contribution in [0.2, 0.25) is 0 Å². The molecule has 3 fully saturated rings. The molecule has 5 amide bonds. The number of carboxylic acids is 3. The molecule has 6 aromatic rings. The number of carbonyl (C=O) groups is 9. The molecule has 0 radical (unpaired) electrons. The number of alkyl halides is 1. The van der Waals surface area contributed by atoms with E-state index in [2.05, 4.69) is 86.3 Å². The van der Waals surface area contributed by atoms with Crippen molar-refractivity contribution in [1.82, 2.24) is 15.1 Å². The van der Waals surface area contributed by atoms with Crippen molar-refractivity contribution in [1.29, 1.82) is 0 Å². The first kappa shape index (κ1) is 112. The van der Waals surface area contributed by atoms with Crippen LogP contribution in [0, 0.1) is 57.3 Å². The van der Waals surface area contributed by atoms with Crippen molar-refractivity contribution in [3.05, 3.63) is 200 Å². The summed E-state index contributed by atoms with van der Waals surface area (Å²) in [5.74, 6) is -0.317. The van der Waals surface area contributed by atoms with Crippen molar-refractivity contribution >= 4 is 80.8 Å². The van der Waals surface area contributed by atoms with Gasteiger partial charge in [0.15, 0.2) is 0 Å². The Kier molecular flexibility index (Phi) is 45.2. The lowest BCUT2D eigenvalue weighted by Crippen LogP contribution is -2.45. The van der Waals surface area contributed by atoms with Gasteiger partial charge in [0.05, 0.1) is 82.3 Å². The fraction of sp³-hybridized carbons (Fsp3) is 0.500. The predicted molar refractivity (Wildman–Crippen MR) is 510 cm³/mol. The van der Waals surface area contributed by atoms with Gasteiger partial charge in [-0.1, -0.05) is 131 Å². The number of carbonyl (C=O) groups excluding carboxylic acids is 6. The van der Waals surface area contributed by atoms with Crippen molar-refractivity contribution in [3.8, 4) is 46.0 Å². The summed E-state index contributed by atoms with van der Waals surface area (Å²) in [7, 11) is 6.36. The number of hydrogen-bond donors (Lipinski definition) is 8. The maximum Gasteiger partial charge on any atom is 0.417 e. The summed E-state index contributed by atoms with van der Waals surface area (Å²) in [5.41, 5.74) is 10.8. The Labute approximate surface area is 786 Å². The highest BCUT2D eigenvalue weighted by molar-refractivity contribution is 9.09. The van der Waals surface area contributed by atoms with Gasteiger partial charge in [-0.05, 0) is 286 Å². The second kappa shape index (κ2) is 52.8. The highest BCUT2D eigenvalue weighted by Crippen LogP contribution is 2.55. The number of alkyl carbamates (subject to hydrolysis) is 1. The Bertz CT molecular complexity index is 4920. The molecule has 3 saturated heterocycles. The SMILES string of the molecule is C=C(C)[C@H]1C=C[C@@](C)(O)CC1.CC(C)[C@H]1COC(=O)N1.CC1=CC[C@@H]2[C@@H](C1)c1c(O)cc([C@H](C)C(=O)O)cc1OC2(C)C.CCCCBr.COc1cc(C)cc(CC(=O)Cl)c1.COc1cc(C)cc(CC(=O)N2C(=O)OC[C@@H]2C(C)C)c1.COc1cc(C)cc([C@H](C)C(=O)N2C(=O)OC[C@@H]2C(C)C)c1.COc1cc(C)cc([C@H](C)C(=O)O)c1.C[C@H](C(=O)O)c1cc(O)cc(O)c1. The number of phenolic OH excluding ortho intramolecular Hbond substituents is 3. The summed E-state index contributed by atoms with van der Waals surface area (Å²) < 4.78 is 41.5. The summed E-state index contributed by atoms with van der Waals surface area (Å²) in [4.78, 5) is 105. The number of imide groups is 2. The first-order valence-corrected chi connectivity index (χ1v) is 45.5. The largest absolute Gasteiger partial charge is 0.508 e. The monoisotopic (exact) mass is 1900 g/mol. The van der Waals surface area contributed by atoms with E-state index in [0.717, 1.165) is 92.9 Å². The minimum Gasteiger partial charge on any atom is -0.508 e. The smallest absolute Gasteiger partial charge is 0.417 e. The van der Waals surface area contributed by atoms with Gasteiger partial charge in [0.2, 0.25) is 17.1 Å². The average molecular weight is 1910 g/mol. The Morgan fingerprint density at radius 2 is 1.01 bits per heavy atom. The van der Waals surface area contributed by atoms with Crippen LogP contribution in [0.1, 0.15) is 240 Å². The van der Waals surface area contributed by atoms with E-state index >= 15 is 0 Å². The number of ether oxygens (including phenoxy) is 8. The molecule has 4 aliphatic heterocycles. The van der Waals surface area contributed by atoms with Crippen molar-refractivity contribution in [2.75, 3.05) is 53.6 Å². The number of rotatable bonds is 22. The van der Waals surface area contributed by atoms with Crippen LogP contribution in [0.25, 0.3) is 0 Å². The molecular weight excluding hydrogens is 1770 g/mol. The standard InChI is InChI=1S/C19H24O4.C17H23NO4.C16H21NO4.C11H14O3.C10H11ClO2.C10H16O.C9H10O4.C6H11NO2.C4H9Br/c1-10-5-6-14-13(7-10)17-15(20)8-12(11(2)18(21)22)9-16(17)23-19(14,3)4;1-10(2)15-9-22-17(20)18(15)16(19)12(4)13-6-11(3)7-14(8-13)21-5;1-10(2)14-9-21-16(19)17(14)15(18)8-12-5-11(3)6-13(7-12)20-4;1-7-4-9(8(2)11(12)13)6-10(5-7)14-3;1-7-3-8(6-10(11)12)5-9(4-7)13-2;1-8(2)9-4-6-10(3,11)7-5-9;1-5(9(12)13)6-2-7(10)4-8(11)3-6;1-4(2)5-3-9-6(8)7-5;1-2-3-4-5/h5,8-9,11,13-14,20H,6-7H2,1-4H3,(H,21,22);6-8,10,12,15H,9H2,1-5H3;5-7,10,14H,8-9H2,1-4H3;4-6,8H,1-3H3,(H,12,13);3-5H,6H2,1-2H3;4,6,9,11H,1,5,7H2,2-3H3;2-5,10-11H,1H3,(H,12,13);4-5H,3H2,1-2H3,(H,7,8);2-4H2,1H3/t11-,13+,14+;12-,15+;14-;8-;;9-,10+;2*5-;/m0010.001./s1. The fourth-order valence-corrected chi connectivity index (χ4v) is 15.6. The minimum atomic E-state index is -0.995. The van der Waals surface area contributed by atoms with Crippen LogP contribution < -0.4 is 29.0 Å². The zero-order valence-corrected chi connectivity index (χ0v) is 82.8. The summed E-state index contributed by atoms with van der Waals surface area (Å²) in [5, 5.41) is 68.5. The molecule has 12 rings (SSSR count). The number of nitrogens with one attached hydrogen (secondary N) is 1. The molecule has 29 heteroatoms. The third kappa shape index (κ3) is 35.5. The molecule has 0 unspecified atom stereocenters. The van der Waals surface area contributed by atoms with Crippen LogP contribution >= 0.6 is 27.5 Å². The number of nitrogens with zero attached hydrogens (tertiary/aromatic N) is 2. The molecule has 2 aliphatic carbocycles. The van der Waals surface area contributed by atoms with Crippen molar-refractivity contribution < 1.29 is 117 Å². The fourth-order valence-electron chi connectivity index (χ4n) is 14.9. The van der Waals surface area contributed by atoms with Gasteiger partial charge in [-0.25, -0.2) is 24.2 Å². The van der Waals surface area contributed by atoms with E-state index < -0.39 is 59.4 Å². The molecule has 11 atom stereocenters. The number of aryl methyl sites for hydroxylation is 4. The lowest BCUT2D eigenvalue weighted by atomic mass is 9.67. The van der Waals surface area contributed by atoms with E-state index in [1.807, 2.05) is 142 Å². The van der Waals surface area contributed by atoms with Crippen LogP contribution in [-0.2, 0) is 55.8 Å². The number of aliphatic carboxylic acids is 3. The third-order valence-electron chi connectivity index (χ3n) is 23.1. The van der Waals surface area contributed by atoms with Crippen molar-refractivity contribution in [2.24, 2.45) is 29.6 Å². The number of benzene rings is 6. The molecule has 4 heterocycles. The topological polar surface area (TPSA) is 388 Å². The van der Waals surface area contributed by atoms with Gasteiger partial charge in [-0.3, -0.25) is 28.8 Å². The number of phenols is 3. The van der Waals surface area contributed by atoms with Gasteiger partial charge in [-0.15, -0.1) is 0 Å². The summed E-state index contributed by atoms with van der Waals surface area (Å²) in [6, 6.07) is 29.4.